The molecule has 2 N–H and O–H groups in total. The van der Waals surface area contributed by atoms with Crippen molar-refractivity contribution < 1.29 is 4.79 Å². The highest BCUT2D eigenvalue weighted by molar-refractivity contribution is 6.31. The summed E-state index contributed by atoms with van der Waals surface area (Å²) in [4.78, 5) is 26.7. The van der Waals surface area contributed by atoms with Crippen LogP contribution >= 0.6 is 11.6 Å². The molecule has 1 amide bonds. The first-order chi connectivity index (χ1) is 11.1. The number of pyridine rings is 1. The Balaban J connectivity index is 1.58. The van der Waals surface area contributed by atoms with Gasteiger partial charge in [-0.05, 0) is 36.2 Å². The van der Waals surface area contributed by atoms with Gasteiger partial charge in [0.25, 0.3) is 5.56 Å². The van der Waals surface area contributed by atoms with Crippen molar-refractivity contribution in [3.05, 3.63) is 69.7 Å². The van der Waals surface area contributed by atoms with Gasteiger partial charge in [0, 0.05) is 40.9 Å². The minimum atomic E-state index is -0.186. The number of fused-ring (bicyclic) bond motifs is 1. The standard InChI is InChI=1S/C17H16ClN3O2/c18-13-4-5-15-14(9-13)12(10-20-15)6-7-19-16(22)11-21-8-2-1-3-17(21)23/h1-5,8-10,20H,6-7,11H2,(H,19,22). The van der Waals surface area contributed by atoms with Gasteiger partial charge < -0.3 is 14.9 Å². The van der Waals surface area contributed by atoms with Crippen molar-refractivity contribution in [1.29, 1.82) is 0 Å². The first-order valence-electron chi connectivity index (χ1n) is 7.31. The van der Waals surface area contributed by atoms with Crippen LogP contribution < -0.4 is 10.9 Å². The zero-order valence-corrected chi connectivity index (χ0v) is 13.1. The number of hydrogen-bond acceptors (Lipinski definition) is 2. The van der Waals surface area contributed by atoms with Crippen LogP contribution in [0.15, 0.2) is 53.6 Å². The maximum atomic E-state index is 11.9. The molecule has 0 radical (unpaired) electrons. The molecule has 0 bridgehead atoms. The molecule has 23 heavy (non-hydrogen) atoms. The molecule has 118 valence electrons. The summed E-state index contributed by atoms with van der Waals surface area (Å²) >= 11 is 6.02. The third-order valence-electron chi connectivity index (χ3n) is 3.66. The maximum absolute atomic E-state index is 11.9. The molecule has 6 heteroatoms. The van der Waals surface area contributed by atoms with Gasteiger partial charge in [0.05, 0.1) is 0 Å². The SMILES string of the molecule is O=C(Cn1ccccc1=O)NCCc1c[nH]c2ccc(Cl)cc12. The second kappa shape index (κ2) is 6.71. The molecule has 1 aromatic carbocycles. The summed E-state index contributed by atoms with van der Waals surface area (Å²) in [5, 5.41) is 4.58. The Bertz CT molecular complexity index is 898. The highest BCUT2D eigenvalue weighted by Gasteiger charge is 2.06. The summed E-state index contributed by atoms with van der Waals surface area (Å²) in [5.41, 5.74) is 1.93. The van der Waals surface area contributed by atoms with Gasteiger partial charge in [-0.3, -0.25) is 9.59 Å². The Hall–Kier alpha value is -2.53. The molecule has 3 rings (SSSR count). The van der Waals surface area contributed by atoms with Gasteiger partial charge in [-0.25, -0.2) is 0 Å². The number of aromatic nitrogens is 2. The number of nitrogens with one attached hydrogen (secondary N) is 2. The van der Waals surface area contributed by atoms with Gasteiger partial charge >= 0.3 is 0 Å². The van der Waals surface area contributed by atoms with E-state index in [1.807, 2.05) is 24.4 Å². The molecule has 0 aliphatic carbocycles. The van der Waals surface area contributed by atoms with Gasteiger partial charge in [-0.2, -0.15) is 0 Å². The zero-order chi connectivity index (χ0) is 16.2. The number of nitrogens with zero attached hydrogens (tertiary/aromatic N) is 1. The van der Waals surface area contributed by atoms with E-state index in [9.17, 15) is 9.59 Å². The summed E-state index contributed by atoms with van der Waals surface area (Å²) in [6.45, 7) is 0.527. The van der Waals surface area contributed by atoms with Crippen molar-refractivity contribution in [2.24, 2.45) is 0 Å². The van der Waals surface area contributed by atoms with E-state index in [0.717, 1.165) is 16.5 Å². The molecule has 5 nitrogen and oxygen atoms in total. The Morgan fingerprint density at radius 3 is 2.96 bits per heavy atom. The van der Waals surface area contributed by atoms with Crippen molar-refractivity contribution in [3.8, 4) is 0 Å². The fourth-order valence-corrected chi connectivity index (χ4v) is 2.67. The molecule has 0 saturated carbocycles. The quantitative estimate of drug-likeness (QED) is 0.754. The van der Waals surface area contributed by atoms with E-state index in [1.54, 1.807) is 18.3 Å². The van der Waals surface area contributed by atoms with E-state index in [2.05, 4.69) is 10.3 Å². The molecule has 0 aliphatic heterocycles. The lowest BCUT2D eigenvalue weighted by Crippen LogP contribution is -2.32. The number of hydrogen-bond donors (Lipinski definition) is 2. The van der Waals surface area contributed by atoms with Gasteiger partial charge in [0.2, 0.25) is 5.91 Å². The van der Waals surface area contributed by atoms with Crippen LogP contribution in [0.2, 0.25) is 5.02 Å². The van der Waals surface area contributed by atoms with Crippen LogP contribution in [0.5, 0.6) is 0 Å². The highest BCUT2D eigenvalue weighted by Crippen LogP contribution is 2.22. The van der Waals surface area contributed by atoms with Crippen LogP contribution in [0.1, 0.15) is 5.56 Å². The normalized spacial score (nSPS) is 10.8. The number of carbonyl (C=O) groups excluding carboxylic acids is 1. The molecular weight excluding hydrogens is 314 g/mol. The first kappa shape index (κ1) is 15.4. The third-order valence-corrected chi connectivity index (χ3v) is 3.89. The Morgan fingerprint density at radius 1 is 1.26 bits per heavy atom. The molecule has 0 aliphatic rings. The van der Waals surface area contributed by atoms with Gasteiger partial charge in [-0.1, -0.05) is 17.7 Å². The van der Waals surface area contributed by atoms with Gasteiger partial charge in [0.15, 0.2) is 0 Å². The summed E-state index contributed by atoms with van der Waals surface area (Å²) in [5.74, 6) is -0.184. The summed E-state index contributed by atoms with van der Waals surface area (Å²) in [6.07, 6.45) is 4.22. The highest BCUT2D eigenvalue weighted by atomic mass is 35.5. The van der Waals surface area contributed by atoms with Crippen LogP contribution in [-0.2, 0) is 17.8 Å². The molecule has 0 fully saturated rings. The molecule has 3 aromatic rings. The second-order valence-electron chi connectivity index (χ2n) is 5.27. The third kappa shape index (κ3) is 3.63. The fourth-order valence-electron chi connectivity index (χ4n) is 2.50. The average molecular weight is 330 g/mol. The largest absolute Gasteiger partial charge is 0.361 e. The maximum Gasteiger partial charge on any atom is 0.250 e. The molecule has 0 saturated heterocycles. The lowest BCUT2D eigenvalue weighted by Gasteiger charge is -2.07. The molecule has 2 heterocycles. The average Bonchev–Trinajstić information content (AvgIpc) is 2.92. The summed E-state index contributed by atoms with van der Waals surface area (Å²) in [7, 11) is 0. The van der Waals surface area contributed by atoms with E-state index in [0.29, 0.717) is 18.0 Å². The zero-order valence-electron chi connectivity index (χ0n) is 12.4. The molecule has 0 spiro atoms. The van der Waals surface area contributed by atoms with Crippen molar-refractivity contribution in [2.45, 2.75) is 13.0 Å². The lowest BCUT2D eigenvalue weighted by atomic mass is 10.1. The monoisotopic (exact) mass is 329 g/mol. The van der Waals surface area contributed by atoms with E-state index in [-0.39, 0.29) is 18.0 Å². The number of carbonyl (C=O) groups is 1. The van der Waals surface area contributed by atoms with Crippen molar-refractivity contribution >= 4 is 28.4 Å². The van der Waals surface area contributed by atoms with Crippen molar-refractivity contribution in [3.63, 3.8) is 0 Å². The molecular formula is C17H16ClN3O2. The van der Waals surface area contributed by atoms with Crippen LogP contribution in [0, 0.1) is 0 Å². The minimum absolute atomic E-state index is 0.0272. The predicted octanol–water partition coefficient (Wildman–Crippen LogP) is 2.34. The van der Waals surface area contributed by atoms with Crippen LogP contribution in [0.4, 0.5) is 0 Å². The van der Waals surface area contributed by atoms with Crippen LogP contribution in [0.3, 0.4) is 0 Å². The first-order valence-corrected chi connectivity index (χ1v) is 7.69. The lowest BCUT2D eigenvalue weighted by molar-refractivity contribution is -0.121. The Kier molecular flexibility index (Phi) is 4.48. The number of benzene rings is 1. The molecule has 0 unspecified atom stereocenters. The topological polar surface area (TPSA) is 66.9 Å². The van der Waals surface area contributed by atoms with E-state index in [1.165, 1.54) is 10.6 Å². The number of aromatic amines is 1. The Morgan fingerprint density at radius 2 is 2.13 bits per heavy atom. The second-order valence-corrected chi connectivity index (χ2v) is 5.71. The fraction of sp³-hybridized carbons (Fsp3) is 0.176. The summed E-state index contributed by atoms with van der Waals surface area (Å²) < 4.78 is 1.38. The number of H-pyrrole nitrogens is 1. The minimum Gasteiger partial charge on any atom is -0.361 e. The van der Waals surface area contributed by atoms with Crippen LogP contribution in [0.25, 0.3) is 10.9 Å². The van der Waals surface area contributed by atoms with Crippen molar-refractivity contribution in [2.75, 3.05) is 6.54 Å². The van der Waals surface area contributed by atoms with Crippen LogP contribution in [-0.4, -0.2) is 22.0 Å². The van der Waals surface area contributed by atoms with Crippen molar-refractivity contribution in [1.82, 2.24) is 14.9 Å². The molecule has 2 aromatic heterocycles. The predicted molar refractivity (Wildman–Crippen MR) is 90.7 cm³/mol. The summed E-state index contributed by atoms with van der Waals surface area (Å²) in [6, 6.07) is 10.5. The number of rotatable bonds is 5. The Labute approximate surface area is 137 Å². The van der Waals surface area contributed by atoms with E-state index < -0.39 is 0 Å². The van der Waals surface area contributed by atoms with Gasteiger partial charge in [-0.15, -0.1) is 0 Å². The number of amides is 1. The van der Waals surface area contributed by atoms with E-state index in [4.69, 9.17) is 11.6 Å². The van der Waals surface area contributed by atoms with E-state index >= 15 is 0 Å². The van der Waals surface area contributed by atoms with Gasteiger partial charge in [0.1, 0.15) is 6.54 Å². The smallest absolute Gasteiger partial charge is 0.250 e. The number of halogens is 1. The molecule has 0 atom stereocenters.